The molecule has 2 heteroatoms. The van der Waals surface area contributed by atoms with Gasteiger partial charge in [-0.25, -0.2) is 0 Å². The maximum atomic E-state index is 12.9. The van der Waals surface area contributed by atoms with Crippen LogP contribution in [-0.4, -0.2) is 20.7 Å². The fourth-order valence-electron chi connectivity index (χ4n) is 2.19. The van der Waals surface area contributed by atoms with Crippen LogP contribution < -0.4 is 4.46 Å². The molecule has 0 bridgehead atoms. The van der Waals surface area contributed by atoms with Crippen molar-refractivity contribution in [2.24, 2.45) is 0 Å². The number of Topliss-reactive ketones (excluding diaryl/α,β-unsaturated/α-hetero) is 1. The zero-order valence-electron chi connectivity index (χ0n) is 12.6. The van der Waals surface area contributed by atoms with Crippen molar-refractivity contribution in [2.75, 3.05) is 0 Å². The van der Waals surface area contributed by atoms with Crippen molar-refractivity contribution in [1.29, 1.82) is 0 Å². The Morgan fingerprint density at radius 3 is 1.83 bits per heavy atom. The van der Waals surface area contributed by atoms with Crippen LogP contribution in [0, 0.1) is 0 Å². The van der Waals surface area contributed by atoms with Crippen molar-refractivity contribution in [3.8, 4) is 0 Å². The van der Waals surface area contributed by atoms with Gasteiger partial charge in [0.25, 0.3) is 0 Å². The van der Waals surface area contributed by atoms with Crippen LogP contribution in [0.5, 0.6) is 0 Å². The van der Waals surface area contributed by atoms with E-state index in [9.17, 15) is 4.79 Å². The number of carbonyl (C=O) groups excluding carboxylic acids is 1. The van der Waals surface area contributed by atoms with E-state index in [0.29, 0.717) is 0 Å². The van der Waals surface area contributed by atoms with Crippen LogP contribution in [0.4, 0.5) is 0 Å². The molecule has 112 valence electrons. The summed E-state index contributed by atoms with van der Waals surface area (Å²) in [4.78, 5) is 12.9. The molecule has 0 fully saturated rings. The second kappa shape index (κ2) is 7.73. The Kier molecular flexibility index (Phi) is 5.21. The molecule has 1 nitrogen and oxygen atoms in total. The van der Waals surface area contributed by atoms with Crippen molar-refractivity contribution in [3.05, 3.63) is 107 Å². The first-order valence-corrected chi connectivity index (χ1v) is 9.13. The normalized spacial score (nSPS) is 11.2. The second-order valence-corrected chi connectivity index (χ2v) is 7.37. The summed E-state index contributed by atoms with van der Waals surface area (Å²) in [5.74, 6) is 0.110. The third-order valence-corrected chi connectivity index (χ3v) is 5.49. The first-order chi connectivity index (χ1) is 11.3. The molecule has 0 aliphatic rings. The van der Waals surface area contributed by atoms with Gasteiger partial charge < -0.3 is 0 Å². The Morgan fingerprint density at radius 2 is 1.22 bits per heavy atom. The van der Waals surface area contributed by atoms with Gasteiger partial charge >= 0.3 is 143 Å². The molecule has 3 aromatic rings. The Balaban J connectivity index is 1.96. The SMILES string of the molecule is O=C(/C(=C\c1ccccc1)[Se]c1ccccc1)c1ccccc1. The fraction of sp³-hybridized carbons (Fsp3) is 0. The fourth-order valence-corrected chi connectivity index (χ4v) is 4.19. The third kappa shape index (κ3) is 4.29. The summed E-state index contributed by atoms with van der Waals surface area (Å²) in [5, 5.41) is 0. The molecule has 3 aromatic carbocycles. The summed E-state index contributed by atoms with van der Waals surface area (Å²) in [6, 6.07) is 29.7. The van der Waals surface area contributed by atoms with E-state index >= 15 is 0 Å². The van der Waals surface area contributed by atoms with Crippen molar-refractivity contribution in [2.45, 2.75) is 0 Å². The molecule has 0 unspecified atom stereocenters. The summed E-state index contributed by atoms with van der Waals surface area (Å²) in [5.41, 5.74) is 1.80. The third-order valence-electron chi connectivity index (χ3n) is 3.33. The van der Waals surface area contributed by atoms with Crippen LogP contribution in [0.25, 0.3) is 6.08 Å². The number of ketones is 1. The molecule has 0 aliphatic heterocycles. The molecule has 0 amide bonds. The van der Waals surface area contributed by atoms with E-state index < -0.39 is 0 Å². The molecule has 0 saturated heterocycles. The Hall–Kier alpha value is -2.41. The summed E-state index contributed by atoms with van der Waals surface area (Å²) in [6.07, 6.45) is 2.02. The average Bonchev–Trinajstić information content (AvgIpc) is 2.63. The van der Waals surface area contributed by atoms with Crippen LogP contribution in [-0.2, 0) is 0 Å². The van der Waals surface area contributed by atoms with E-state index in [1.54, 1.807) is 0 Å². The van der Waals surface area contributed by atoms with E-state index in [2.05, 4.69) is 12.1 Å². The second-order valence-electron chi connectivity index (χ2n) is 5.03. The molecule has 0 radical (unpaired) electrons. The van der Waals surface area contributed by atoms with Crippen LogP contribution in [0.3, 0.4) is 0 Å². The van der Waals surface area contributed by atoms with Gasteiger partial charge in [-0.2, -0.15) is 0 Å². The molecule has 0 saturated carbocycles. The van der Waals surface area contributed by atoms with Gasteiger partial charge in [0.15, 0.2) is 0 Å². The van der Waals surface area contributed by atoms with Gasteiger partial charge in [0.05, 0.1) is 0 Å². The van der Waals surface area contributed by atoms with Gasteiger partial charge in [-0.1, -0.05) is 0 Å². The topological polar surface area (TPSA) is 17.1 Å². The predicted molar refractivity (Wildman–Crippen MR) is 97.0 cm³/mol. The van der Waals surface area contributed by atoms with Crippen molar-refractivity contribution in [1.82, 2.24) is 0 Å². The number of hydrogen-bond donors (Lipinski definition) is 0. The van der Waals surface area contributed by atoms with Gasteiger partial charge in [-0.3, -0.25) is 0 Å². The van der Waals surface area contributed by atoms with E-state index in [1.165, 1.54) is 4.46 Å². The van der Waals surface area contributed by atoms with Crippen molar-refractivity contribution >= 4 is 31.3 Å². The average molecular weight is 363 g/mol. The molecular weight excluding hydrogens is 347 g/mol. The monoisotopic (exact) mass is 364 g/mol. The standard InChI is InChI=1S/C21H16OSe/c22-21(18-12-6-2-7-13-18)20(16-17-10-4-1-5-11-17)23-19-14-8-3-9-15-19/h1-16H/b20-16+. The zero-order chi connectivity index (χ0) is 15.9. The molecule has 3 rings (SSSR count). The van der Waals surface area contributed by atoms with Gasteiger partial charge in [0.1, 0.15) is 0 Å². The van der Waals surface area contributed by atoms with Crippen LogP contribution in [0.15, 0.2) is 95.5 Å². The molecule has 0 heterocycles. The van der Waals surface area contributed by atoms with E-state index in [1.807, 2.05) is 84.9 Å². The van der Waals surface area contributed by atoms with Crippen molar-refractivity contribution in [3.63, 3.8) is 0 Å². The molecule has 0 atom stereocenters. The number of hydrogen-bond acceptors (Lipinski definition) is 1. The Labute approximate surface area is 142 Å². The number of rotatable bonds is 5. The predicted octanol–water partition coefficient (Wildman–Crippen LogP) is 3.94. The number of benzene rings is 3. The molecule has 0 aliphatic carbocycles. The van der Waals surface area contributed by atoms with Gasteiger partial charge in [0.2, 0.25) is 0 Å². The molecule has 23 heavy (non-hydrogen) atoms. The minimum atomic E-state index is -0.0238. The number of allylic oxidation sites excluding steroid dienone is 1. The number of carbonyl (C=O) groups is 1. The van der Waals surface area contributed by atoms with E-state index in [-0.39, 0.29) is 20.7 Å². The molecule has 0 N–H and O–H groups in total. The zero-order valence-corrected chi connectivity index (χ0v) is 14.3. The summed E-state index contributed by atoms with van der Waals surface area (Å²) in [7, 11) is 0. The Morgan fingerprint density at radius 1 is 0.696 bits per heavy atom. The van der Waals surface area contributed by atoms with Gasteiger partial charge in [-0.15, -0.1) is 0 Å². The van der Waals surface area contributed by atoms with E-state index in [4.69, 9.17) is 0 Å². The van der Waals surface area contributed by atoms with Gasteiger partial charge in [0, 0.05) is 0 Å². The maximum absolute atomic E-state index is 12.9. The molecule has 0 aromatic heterocycles. The van der Waals surface area contributed by atoms with E-state index in [0.717, 1.165) is 15.6 Å². The van der Waals surface area contributed by atoms with Crippen LogP contribution >= 0.6 is 0 Å². The summed E-state index contributed by atoms with van der Waals surface area (Å²) >= 11 is -0.0238. The quantitative estimate of drug-likeness (QED) is 0.381. The first kappa shape index (κ1) is 15.5. The van der Waals surface area contributed by atoms with Crippen molar-refractivity contribution < 1.29 is 4.79 Å². The van der Waals surface area contributed by atoms with Gasteiger partial charge in [-0.05, 0) is 0 Å². The summed E-state index contributed by atoms with van der Waals surface area (Å²) in [6.45, 7) is 0. The Bertz CT molecular complexity index is 793. The van der Waals surface area contributed by atoms with Crippen LogP contribution in [0.1, 0.15) is 15.9 Å². The first-order valence-electron chi connectivity index (χ1n) is 7.42. The minimum absolute atomic E-state index is 0.0238. The molecular formula is C21H16OSe. The molecule has 0 spiro atoms. The van der Waals surface area contributed by atoms with Crippen LogP contribution in [0.2, 0.25) is 0 Å². The summed E-state index contributed by atoms with van der Waals surface area (Å²) < 4.78 is 2.06.